The van der Waals surface area contributed by atoms with Crippen molar-refractivity contribution in [3.63, 3.8) is 0 Å². The maximum atomic E-state index is 13.3. The first kappa shape index (κ1) is 23.1. The fraction of sp³-hybridized carbons (Fsp3) is 0.600. The lowest BCUT2D eigenvalue weighted by Crippen LogP contribution is -2.57. The summed E-state index contributed by atoms with van der Waals surface area (Å²) >= 11 is 6.03. The molecule has 4 aliphatic rings. The van der Waals surface area contributed by atoms with Crippen molar-refractivity contribution in [2.75, 3.05) is 0 Å². The molecular weight excluding hydrogens is 464 g/mol. The standard InChI is InChI=1S/C25H27ClO8/c26-16-9-7-15(8-10-16)17(18-20(27)31-24(32-21(18)28)11-3-1-4-12-24)19-22(29)33-25(34-23(19)30)13-5-2-6-14-25/h7-10,17-19H,1-6,11-14H2. The predicted molar refractivity (Wildman–Crippen MR) is 117 cm³/mol. The van der Waals surface area contributed by atoms with Crippen molar-refractivity contribution in [2.45, 2.75) is 81.7 Å². The lowest BCUT2D eigenvalue weighted by Gasteiger charge is -2.45. The van der Waals surface area contributed by atoms with Crippen molar-refractivity contribution in [3.05, 3.63) is 34.9 Å². The van der Waals surface area contributed by atoms with Gasteiger partial charge in [0.05, 0.1) is 0 Å². The van der Waals surface area contributed by atoms with Crippen LogP contribution in [-0.2, 0) is 38.1 Å². The van der Waals surface area contributed by atoms with Gasteiger partial charge >= 0.3 is 23.9 Å². The van der Waals surface area contributed by atoms with Gasteiger partial charge in [-0.05, 0) is 43.4 Å². The molecule has 0 radical (unpaired) electrons. The van der Waals surface area contributed by atoms with Crippen LogP contribution in [0.1, 0.15) is 75.7 Å². The van der Waals surface area contributed by atoms with Gasteiger partial charge in [-0.2, -0.15) is 0 Å². The molecule has 8 nitrogen and oxygen atoms in total. The fourth-order valence-corrected chi connectivity index (χ4v) is 5.79. The molecule has 1 aromatic rings. The number of hydrogen-bond donors (Lipinski definition) is 0. The molecule has 2 spiro atoms. The Balaban J connectivity index is 1.49. The number of benzene rings is 1. The van der Waals surface area contributed by atoms with Crippen LogP contribution in [0.4, 0.5) is 0 Å². The second kappa shape index (κ2) is 8.87. The summed E-state index contributed by atoms with van der Waals surface area (Å²) in [6, 6.07) is 6.27. The number of carbonyl (C=O) groups excluding carboxylic acids is 4. The van der Waals surface area contributed by atoms with Gasteiger partial charge in [0.25, 0.3) is 11.6 Å². The van der Waals surface area contributed by atoms with Crippen LogP contribution >= 0.6 is 11.6 Å². The van der Waals surface area contributed by atoms with E-state index < -0.39 is 53.2 Å². The average Bonchev–Trinajstić information content (AvgIpc) is 2.79. The van der Waals surface area contributed by atoms with Gasteiger partial charge in [-0.15, -0.1) is 0 Å². The molecule has 0 amide bonds. The summed E-state index contributed by atoms with van der Waals surface area (Å²) in [7, 11) is 0. The molecule has 0 aromatic heterocycles. The van der Waals surface area contributed by atoms with Gasteiger partial charge in [0.15, 0.2) is 11.8 Å². The molecule has 0 bridgehead atoms. The molecule has 0 unspecified atom stereocenters. The first-order valence-corrected chi connectivity index (χ1v) is 12.4. The van der Waals surface area contributed by atoms with Crippen molar-refractivity contribution >= 4 is 35.5 Å². The van der Waals surface area contributed by atoms with E-state index in [4.69, 9.17) is 30.5 Å². The molecule has 9 heteroatoms. The van der Waals surface area contributed by atoms with Crippen LogP contribution < -0.4 is 0 Å². The molecule has 182 valence electrons. The molecule has 2 heterocycles. The maximum Gasteiger partial charge on any atom is 0.324 e. The molecule has 1 aromatic carbocycles. The third kappa shape index (κ3) is 4.17. The number of ether oxygens (including phenoxy) is 4. The first-order valence-electron chi connectivity index (χ1n) is 12.0. The molecule has 2 aliphatic carbocycles. The highest BCUT2D eigenvalue weighted by Crippen LogP contribution is 2.46. The van der Waals surface area contributed by atoms with Crippen molar-refractivity contribution < 1.29 is 38.1 Å². The molecule has 2 saturated heterocycles. The number of hydrogen-bond acceptors (Lipinski definition) is 8. The van der Waals surface area contributed by atoms with Crippen LogP contribution in [0, 0.1) is 11.8 Å². The summed E-state index contributed by atoms with van der Waals surface area (Å²) in [4.78, 5) is 53.0. The summed E-state index contributed by atoms with van der Waals surface area (Å²) in [6.07, 6.45) is 6.74. The Labute approximate surface area is 202 Å². The van der Waals surface area contributed by atoms with Gasteiger partial charge in [-0.1, -0.05) is 36.6 Å². The minimum Gasteiger partial charge on any atom is -0.422 e. The normalized spacial score (nSPS) is 27.5. The second-order valence-electron chi connectivity index (χ2n) is 9.66. The number of halogens is 1. The highest BCUT2D eigenvalue weighted by Gasteiger charge is 2.59. The van der Waals surface area contributed by atoms with E-state index >= 15 is 0 Å². The lowest BCUT2D eigenvalue weighted by molar-refractivity contribution is -0.268. The van der Waals surface area contributed by atoms with Gasteiger partial charge < -0.3 is 18.9 Å². The van der Waals surface area contributed by atoms with Crippen LogP contribution in [0.2, 0.25) is 5.02 Å². The highest BCUT2D eigenvalue weighted by molar-refractivity contribution is 6.30. The summed E-state index contributed by atoms with van der Waals surface area (Å²) in [5.41, 5.74) is 0.390. The van der Waals surface area contributed by atoms with Gasteiger partial charge in [0, 0.05) is 36.6 Å². The number of esters is 4. The molecule has 2 saturated carbocycles. The second-order valence-corrected chi connectivity index (χ2v) is 10.1. The van der Waals surface area contributed by atoms with Crippen LogP contribution in [0.15, 0.2) is 24.3 Å². The quantitative estimate of drug-likeness (QED) is 0.459. The van der Waals surface area contributed by atoms with E-state index in [-0.39, 0.29) is 0 Å². The first-order chi connectivity index (χ1) is 16.3. The largest absolute Gasteiger partial charge is 0.422 e. The summed E-state index contributed by atoms with van der Waals surface area (Å²) in [5.74, 6) is -10.0. The SMILES string of the molecule is O=C1OC2(CCCCC2)OC(=O)C1C(c1ccc(Cl)cc1)C1C(=O)OC2(CCCCC2)OC1=O. The Morgan fingerprint density at radius 3 is 1.32 bits per heavy atom. The average molecular weight is 491 g/mol. The zero-order chi connectivity index (χ0) is 23.9. The highest BCUT2D eigenvalue weighted by atomic mass is 35.5. The Hall–Kier alpha value is -2.61. The topological polar surface area (TPSA) is 105 Å². The van der Waals surface area contributed by atoms with Gasteiger partial charge in [0.2, 0.25) is 0 Å². The van der Waals surface area contributed by atoms with E-state index in [2.05, 4.69) is 0 Å². The molecule has 0 atom stereocenters. The monoisotopic (exact) mass is 490 g/mol. The van der Waals surface area contributed by atoms with Gasteiger partial charge in [-0.25, -0.2) is 0 Å². The van der Waals surface area contributed by atoms with E-state index in [1.165, 1.54) is 0 Å². The summed E-state index contributed by atoms with van der Waals surface area (Å²) < 4.78 is 22.7. The Morgan fingerprint density at radius 1 is 0.618 bits per heavy atom. The van der Waals surface area contributed by atoms with Crippen molar-refractivity contribution in [1.82, 2.24) is 0 Å². The Bertz CT molecular complexity index is 893. The van der Waals surface area contributed by atoms with Crippen molar-refractivity contribution in [1.29, 1.82) is 0 Å². The Kier molecular flexibility index (Phi) is 6.04. The smallest absolute Gasteiger partial charge is 0.324 e. The Morgan fingerprint density at radius 2 is 0.971 bits per heavy atom. The summed E-state index contributed by atoms with van der Waals surface area (Å²) in [5, 5.41) is 0.424. The zero-order valence-corrected chi connectivity index (χ0v) is 19.5. The van der Waals surface area contributed by atoms with E-state index in [0.717, 1.165) is 38.5 Å². The molecule has 5 rings (SSSR count). The van der Waals surface area contributed by atoms with E-state index in [1.807, 2.05) is 0 Å². The number of rotatable bonds is 3. The van der Waals surface area contributed by atoms with Crippen LogP contribution in [0.25, 0.3) is 0 Å². The predicted octanol–water partition coefficient (Wildman–Crippen LogP) is 4.18. The molecular formula is C25H27ClO8. The van der Waals surface area contributed by atoms with Crippen molar-refractivity contribution in [3.8, 4) is 0 Å². The van der Waals surface area contributed by atoms with Crippen LogP contribution in [0.5, 0.6) is 0 Å². The molecule has 34 heavy (non-hydrogen) atoms. The van der Waals surface area contributed by atoms with Gasteiger partial charge in [-0.3, -0.25) is 19.2 Å². The third-order valence-corrected chi connectivity index (χ3v) is 7.62. The molecule has 0 N–H and O–H groups in total. The van der Waals surface area contributed by atoms with Crippen LogP contribution in [-0.4, -0.2) is 35.5 Å². The minimum absolute atomic E-state index is 0.390. The minimum atomic E-state index is -1.51. The number of carbonyl (C=O) groups is 4. The van der Waals surface area contributed by atoms with E-state index in [0.29, 0.717) is 36.3 Å². The molecule has 4 fully saturated rings. The van der Waals surface area contributed by atoms with Gasteiger partial charge in [0.1, 0.15) is 0 Å². The fourth-order valence-electron chi connectivity index (χ4n) is 5.66. The van der Waals surface area contributed by atoms with Crippen LogP contribution in [0.3, 0.4) is 0 Å². The maximum absolute atomic E-state index is 13.3. The summed E-state index contributed by atoms with van der Waals surface area (Å²) in [6.45, 7) is 0. The van der Waals surface area contributed by atoms with E-state index in [9.17, 15) is 19.2 Å². The zero-order valence-electron chi connectivity index (χ0n) is 18.8. The third-order valence-electron chi connectivity index (χ3n) is 7.37. The molecule has 2 aliphatic heterocycles. The lowest BCUT2D eigenvalue weighted by atomic mass is 9.75. The van der Waals surface area contributed by atoms with Crippen molar-refractivity contribution in [2.24, 2.45) is 11.8 Å². The van der Waals surface area contributed by atoms with E-state index in [1.54, 1.807) is 24.3 Å².